The Kier molecular flexibility index (Phi) is 3.52. The van der Waals surface area contributed by atoms with Gasteiger partial charge in [0.05, 0.1) is 0 Å². The Balaban J connectivity index is 2.23. The van der Waals surface area contributed by atoms with Gasteiger partial charge in [-0.15, -0.1) is 0 Å². The van der Waals surface area contributed by atoms with Crippen LogP contribution in [0.15, 0.2) is 11.6 Å². The summed E-state index contributed by atoms with van der Waals surface area (Å²) >= 11 is 0. The molecule has 1 nitrogen and oxygen atoms in total. The highest BCUT2D eigenvalue weighted by Gasteiger charge is 2.01. The van der Waals surface area contributed by atoms with E-state index in [-0.39, 0.29) is 0 Å². The number of hydrogen-bond donors (Lipinski definition) is 1. The summed E-state index contributed by atoms with van der Waals surface area (Å²) in [5, 5.41) is 3.38. The molecule has 0 aromatic rings. The third kappa shape index (κ3) is 2.53. The second kappa shape index (κ2) is 4.51. The SMILES string of the molecule is CCCC=C1CCCNC1. The van der Waals surface area contributed by atoms with Crippen LogP contribution in [-0.4, -0.2) is 13.1 Å². The molecule has 1 heterocycles. The van der Waals surface area contributed by atoms with Crippen LogP contribution >= 0.6 is 0 Å². The number of hydrogen-bond acceptors (Lipinski definition) is 1. The molecule has 1 aliphatic rings. The first-order valence-electron chi connectivity index (χ1n) is 4.32. The maximum Gasteiger partial charge on any atom is 0.0164 e. The molecule has 1 heteroatoms. The molecule has 0 aromatic carbocycles. The van der Waals surface area contributed by atoms with Crippen molar-refractivity contribution in [3.8, 4) is 0 Å². The van der Waals surface area contributed by atoms with Crippen molar-refractivity contribution in [2.24, 2.45) is 0 Å². The van der Waals surface area contributed by atoms with E-state index in [2.05, 4.69) is 18.3 Å². The monoisotopic (exact) mass is 139 g/mol. The zero-order valence-electron chi connectivity index (χ0n) is 6.82. The Morgan fingerprint density at radius 3 is 3.10 bits per heavy atom. The molecule has 0 radical (unpaired) electrons. The molecule has 1 fully saturated rings. The normalized spacial score (nSPS) is 23.5. The first kappa shape index (κ1) is 7.80. The first-order chi connectivity index (χ1) is 4.93. The van der Waals surface area contributed by atoms with E-state index in [4.69, 9.17) is 0 Å². The molecule has 1 saturated heterocycles. The zero-order chi connectivity index (χ0) is 7.23. The van der Waals surface area contributed by atoms with Gasteiger partial charge in [-0.25, -0.2) is 0 Å². The number of unbranched alkanes of at least 4 members (excludes halogenated alkanes) is 1. The summed E-state index contributed by atoms with van der Waals surface area (Å²) in [6.45, 7) is 4.58. The van der Waals surface area contributed by atoms with E-state index in [1.165, 1.54) is 32.2 Å². The van der Waals surface area contributed by atoms with Crippen LogP contribution in [0.25, 0.3) is 0 Å². The summed E-state index contributed by atoms with van der Waals surface area (Å²) in [7, 11) is 0. The van der Waals surface area contributed by atoms with Crippen LogP contribution < -0.4 is 5.32 Å². The van der Waals surface area contributed by atoms with Gasteiger partial charge in [-0.1, -0.05) is 25.0 Å². The van der Waals surface area contributed by atoms with Crippen LogP contribution in [0.3, 0.4) is 0 Å². The predicted octanol–water partition coefficient (Wildman–Crippen LogP) is 2.10. The van der Waals surface area contributed by atoms with Crippen LogP contribution in [-0.2, 0) is 0 Å². The fourth-order valence-corrected chi connectivity index (χ4v) is 1.30. The van der Waals surface area contributed by atoms with Gasteiger partial charge < -0.3 is 5.32 Å². The van der Waals surface area contributed by atoms with Gasteiger partial charge in [-0.2, -0.15) is 0 Å². The fraction of sp³-hybridized carbons (Fsp3) is 0.778. The second-order valence-electron chi connectivity index (χ2n) is 2.93. The lowest BCUT2D eigenvalue weighted by atomic mass is 10.1. The minimum absolute atomic E-state index is 1.14. The fourth-order valence-electron chi connectivity index (χ4n) is 1.30. The van der Waals surface area contributed by atoms with Gasteiger partial charge in [0.25, 0.3) is 0 Å². The van der Waals surface area contributed by atoms with Crippen LogP contribution in [0.1, 0.15) is 32.6 Å². The van der Waals surface area contributed by atoms with Crippen molar-refractivity contribution in [1.82, 2.24) is 5.32 Å². The lowest BCUT2D eigenvalue weighted by Crippen LogP contribution is -2.23. The largest absolute Gasteiger partial charge is 0.313 e. The summed E-state index contributed by atoms with van der Waals surface area (Å²) in [5.74, 6) is 0. The first-order valence-corrected chi connectivity index (χ1v) is 4.32. The third-order valence-electron chi connectivity index (χ3n) is 1.93. The lowest BCUT2D eigenvalue weighted by molar-refractivity contribution is 0.606. The molecule has 0 spiro atoms. The van der Waals surface area contributed by atoms with E-state index in [1.54, 1.807) is 5.57 Å². The van der Waals surface area contributed by atoms with E-state index in [9.17, 15) is 0 Å². The molecular formula is C9H17N. The molecule has 10 heavy (non-hydrogen) atoms. The summed E-state index contributed by atoms with van der Waals surface area (Å²) in [6, 6.07) is 0. The molecule has 0 bridgehead atoms. The highest BCUT2D eigenvalue weighted by molar-refractivity contribution is 5.06. The minimum Gasteiger partial charge on any atom is -0.313 e. The van der Waals surface area contributed by atoms with Crippen LogP contribution in [0, 0.1) is 0 Å². The van der Waals surface area contributed by atoms with Crippen molar-refractivity contribution < 1.29 is 0 Å². The predicted molar refractivity (Wildman–Crippen MR) is 45.1 cm³/mol. The maximum absolute atomic E-state index is 3.38. The Morgan fingerprint density at radius 2 is 2.50 bits per heavy atom. The minimum atomic E-state index is 1.14. The van der Waals surface area contributed by atoms with Crippen molar-refractivity contribution in [3.63, 3.8) is 0 Å². The molecule has 58 valence electrons. The van der Waals surface area contributed by atoms with Crippen molar-refractivity contribution in [3.05, 3.63) is 11.6 Å². The van der Waals surface area contributed by atoms with Gasteiger partial charge >= 0.3 is 0 Å². The number of allylic oxidation sites excluding steroid dienone is 1. The molecule has 0 amide bonds. The number of piperidine rings is 1. The Bertz CT molecular complexity index is 108. The Labute approximate surface area is 63.5 Å². The summed E-state index contributed by atoms with van der Waals surface area (Å²) < 4.78 is 0. The molecular weight excluding hydrogens is 122 g/mol. The quantitative estimate of drug-likeness (QED) is 0.578. The van der Waals surface area contributed by atoms with Gasteiger partial charge in [0.2, 0.25) is 0 Å². The third-order valence-corrected chi connectivity index (χ3v) is 1.93. The molecule has 1 N–H and O–H groups in total. The lowest BCUT2D eigenvalue weighted by Gasteiger charge is -2.14. The molecule has 0 unspecified atom stereocenters. The molecule has 0 aliphatic carbocycles. The van der Waals surface area contributed by atoms with Crippen LogP contribution in [0.4, 0.5) is 0 Å². The van der Waals surface area contributed by atoms with Gasteiger partial charge in [0.15, 0.2) is 0 Å². The van der Waals surface area contributed by atoms with Gasteiger partial charge in [-0.3, -0.25) is 0 Å². The number of rotatable bonds is 2. The second-order valence-corrected chi connectivity index (χ2v) is 2.93. The zero-order valence-corrected chi connectivity index (χ0v) is 6.82. The smallest absolute Gasteiger partial charge is 0.0164 e. The molecule has 1 rings (SSSR count). The molecule has 0 saturated carbocycles. The topological polar surface area (TPSA) is 12.0 Å². The van der Waals surface area contributed by atoms with E-state index in [1.807, 2.05) is 0 Å². The van der Waals surface area contributed by atoms with Gasteiger partial charge in [0.1, 0.15) is 0 Å². The highest BCUT2D eigenvalue weighted by Crippen LogP contribution is 2.09. The molecule has 1 aliphatic heterocycles. The maximum atomic E-state index is 3.38. The van der Waals surface area contributed by atoms with Crippen molar-refractivity contribution in [2.45, 2.75) is 32.6 Å². The Morgan fingerprint density at radius 1 is 1.60 bits per heavy atom. The highest BCUT2D eigenvalue weighted by atomic mass is 14.9. The van der Waals surface area contributed by atoms with E-state index >= 15 is 0 Å². The standard InChI is InChI=1S/C9H17N/c1-2-3-5-9-6-4-7-10-8-9/h5,10H,2-4,6-8H2,1H3. The van der Waals surface area contributed by atoms with Crippen molar-refractivity contribution in [1.29, 1.82) is 0 Å². The average Bonchev–Trinajstić information content (AvgIpc) is 2.03. The van der Waals surface area contributed by atoms with E-state index in [0.29, 0.717) is 0 Å². The van der Waals surface area contributed by atoms with Crippen molar-refractivity contribution in [2.75, 3.05) is 13.1 Å². The summed E-state index contributed by atoms with van der Waals surface area (Å²) in [5.41, 5.74) is 1.62. The number of nitrogens with one attached hydrogen (secondary N) is 1. The summed E-state index contributed by atoms with van der Waals surface area (Å²) in [4.78, 5) is 0. The van der Waals surface area contributed by atoms with Crippen LogP contribution in [0.5, 0.6) is 0 Å². The Hall–Kier alpha value is -0.300. The van der Waals surface area contributed by atoms with Gasteiger partial charge in [0, 0.05) is 6.54 Å². The van der Waals surface area contributed by atoms with Crippen LogP contribution in [0.2, 0.25) is 0 Å². The van der Waals surface area contributed by atoms with E-state index < -0.39 is 0 Å². The van der Waals surface area contributed by atoms with E-state index in [0.717, 1.165) is 6.54 Å². The average molecular weight is 139 g/mol. The molecule has 0 aromatic heterocycles. The summed E-state index contributed by atoms with van der Waals surface area (Å²) in [6.07, 6.45) is 7.59. The van der Waals surface area contributed by atoms with Gasteiger partial charge in [-0.05, 0) is 25.8 Å². The molecule has 0 atom stereocenters. The van der Waals surface area contributed by atoms with Crippen molar-refractivity contribution >= 4 is 0 Å².